The largest absolute Gasteiger partial charge is 0.399 e. The lowest BCUT2D eigenvalue weighted by Crippen LogP contribution is -2.12. The number of nitrogens with two attached hydrogens (primary N) is 2. The van der Waals surface area contributed by atoms with Crippen LogP contribution in [-0.4, -0.2) is 18.2 Å². The van der Waals surface area contributed by atoms with Crippen molar-refractivity contribution in [1.82, 2.24) is 9.78 Å². The molecule has 30 heavy (non-hydrogen) atoms. The fraction of sp³-hybridized carbons (Fsp3) is 0.0455. The van der Waals surface area contributed by atoms with Gasteiger partial charge in [-0.2, -0.15) is 5.10 Å². The highest BCUT2D eigenvalue weighted by molar-refractivity contribution is 9.10. The zero-order valence-electron chi connectivity index (χ0n) is 15.9. The molecule has 4 rings (SSSR count). The van der Waals surface area contributed by atoms with E-state index in [0.717, 1.165) is 38.4 Å². The van der Waals surface area contributed by atoms with E-state index in [-0.39, 0.29) is 4.90 Å². The van der Waals surface area contributed by atoms with E-state index >= 15 is 0 Å². The van der Waals surface area contributed by atoms with Gasteiger partial charge in [-0.3, -0.25) is 0 Å². The van der Waals surface area contributed by atoms with Crippen LogP contribution in [0.3, 0.4) is 0 Å². The first-order chi connectivity index (χ1) is 14.3. The summed E-state index contributed by atoms with van der Waals surface area (Å²) < 4.78 is 25.9. The lowest BCUT2D eigenvalue weighted by Gasteiger charge is -2.08. The summed E-state index contributed by atoms with van der Waals surface area (Å²) in [6, 6.07) is 24.0. The van der Waals surface area contributed by atoms with E-state index < -0.39 is 10.0 Å². The molecular weight excluding hydrogens is 464 g/mol. The minimum absolute atomic E-state index is 0.0608. The average Bonchev–Trinajstić information content (AvgIpc) is 3.13. The molecule has 1 aromatic heterocycles. The fourth-order valence-corrected chi connectivity index (χ4v) is 3.94. The lowest BCUT2D eigenvalue weighted by molar-refractivity contribution is 0.598. The molecule has 0 atom stereocenters. The van der Waals surface area contributed by atoms with Gasteiger partial charge in [0.25, 0.3) is 0 Å². The second kappa shape index (κ2) is 8.06. The van der Waals surface area contributed by atoms with Crippen molar-refractivity contribution >= 4 is 31.6 Å². The van der Waals surface area contributed by atoms with Crippen molar-refractivity contribution in [3.05, 3.63) is 94.6 Å². The molecule has 0 aliphatic heterocycles. The van der Waals surface area contributed by atoms with Crippen molar-refractivity contribution < 1.29 is 8.42 Å². The summed E-state index contributed by atoms with van der Waals surface area (Å²) >= 11 is 3.46. The molecule has 0 saturated carbocycles. The van der Waals surface area contributed by atoms with Crippen LogP contribution in [0.2, 0.25) is 0 Å². The summed E-state index contributed by atoms with van der Waals surface area (Å²) in [6.07, 6.45) is 0.645. The number of halogens is 1. The van der Waals surface area contributed by atoms with Crippen LogP contribution in [-0.2, 0) is 16.4 Å². The number of hydrogen-bond donors (Lipinski definition) is 2. The van der Waals surface area contributed by atoms with Crippen LogP contribution < -0.4 is 10.9 Å². The van der Waals surface area contributed by atoms with Crippen LogP contribution in [0.4, 0.5) is 5.69 Å². The zero-order valence-corrected chi connectivity index (χ0v) is 18.3. The number of benzene rings is 3. The summed E-state index contributed by atoms with van der Waals surface area (Å²) in [5, 5.41) is 10.00. The Morgan fingerprint density at radius 1 is 0.900 bits per heavy atom. The molecule has 0 aliphatic rings. The van der Waals surface area contributed by atoms with Crippen molar-refractivity contribution in [2.75, 3.05) is 5.73 Å². The van der Waals surface area contributed by atoms with Crippen molar-refractivity contribution in [2.45, 2.75) is 11.3 Å². The second-order valence-corrected chi connectivity index (χ2v) is 9.37. The number of hydrogen-bond acceptors (Lipinski definition) is 4. The summed E-state index contributed by atoms with van der Waals surface area (Å²) in [5.74, 6) is 0. The number of primary sulfonamides is 1. The van der Waals surface area contributed by atoms with Gasteiger partial charge in [-0.1, -0.05) is 40.2 Å². The monoisotopic (exact) mass is 482 g/mol. The summed E-state index contributed by atoms with van der Waals surface area (Å²) in [5.41, 5.74) is 11.1. The van der Waals surface area contributed by atoms with E-state index in [2.05, 4.69) is 15.9 Å². The first-order valence-electron chi connectivity index (χ1n) is 9.12. The van der Waals surface area contributed by atoms with Gasteiger partial charge >= 0.3 is 0 Å². The molecule has 0 saturated heterocycles. The molecule has 0 aliphatic carbocycles. The van der Waals surface area contributed by atoms with Crippen molar-refractivity contribution in [1.29, 1.82) is 0 Å². The number of rotatable bonds is 5. The molecule has 0 amide bonds. The summed E-state index contributed by atoms with van der Waals surface area (Å²) in [4.78, 5) is 0.0608. The molecule has 0 bridgehead atoms. The van der Waals surface area contributed by atoms with Gasteiger partial charge in [-0.05, 0) is 60.2 Å². The molecule has 3 aromatic carbocycles. The number of nitrogens with zero attached hydrogens (tertiary/aromatic N) is 2. The first kappa shape index (κ1) is 20.3. The molecule has 0 radical (unpaired) electrons. The van der Waals surface area contributed by atoms with Gasteiger partial charge < -0.3 is 5.73 Å². The molecule has 8 heteroatoms. The minimum Gasteiger partial charge on any atom is -0.399 e. The van der Waals surface area contributed by atoms with Crippen molar-refractivity contribution in [2.24, 2.45) is 5.14 Å². The van der Waals surface area contributed by atoms with Gasteiger partial charge in [0.1, 0.15) is 0 Å². The van der Waals surface area contributed by atoms with Gasteiger partial charge in [0.05, 0.1) is 22.0 Å². The summed E-state index contributed by atoms with van der Waals surface area (Å²) in [6.45, 7) is 0. The van der Waals surface area contributed by atoms with E-state index in [1.54, 1.807) is 12.1 Å². The van der Waals surface area contributed by atoms with Crippen LogP contribution in [0.1, 0.15) is 11.3 Å². The minimum atomic E-state index is -3.75. The Bertz CT molecular complexity index is 1280. The Morgan fingerprint density at radius 3 is 2.13 bits per heavy atom. The smallest absolute Gasteiger partial charge is 0.238 e. The van der Waals surface area contributed by atoms with E-state index in [1.807, 2.05) is 59.3 Å². The van der Waals surface area contributed by atoms with Crippen LogP contribution in [0, 0.1) is 0 Å². The highest BCUT2D eigenvalue weighted by Gasteiger charge is 2.14. The van der Waals surface area contributed by atoms with Crippen molar-refractivity contribution in [3.8, 4) is 16.9 Å². The normalized spacial score (nSPS) is 11.5. The predicted molar refractivity (Wildman–Crippen MR) is 122 cm³/mol. The van der Waals surface area contributed by atoms with Gasteiger partial charge in [-0.15, -0.1) is 0 Å². The molecule has 6 nitrogen and oxygen atoms in total. The topological polar surface area (TPSA) is 104 Å². The van der Waals surface area contributed by atoms with Crippen LogP contribution in [0.5, 0.6) is 0 Å². The molecule has 1 heterocycles. The number of anilines is 1. The maximum atomic E-state index is 11.6. The molecule has 152 valence electrons. The molecule has 0 unspecified atom stereocenters. The van der Waals surface area contributed by atoms with Gasteiger partial charge in [0, 0.05) is 22.1 Å². The number of nitrogen functional groups attached to an aromatic ring is 1. The highest BCUT2D eigenvalue weighted by atomic mass is 79.9. The third kappa shape index (κ3) is 4.46. The van der Waals surface area contributed by atoms with Gasteiger partial charge in [0.2, 0.25) is 10.0 Å². The standard InChI is InChI=1S/C22H19BrN4O2S/c23-17-5-3-16(4-6-17)22-14-19(13-15-1-7-18(24)8-2-15)26-27(22)20-9-11-21(12-10-20)30(25,28)29/h1-12,14H,13,24H2,(H2,25,28,29). The van der Waals surface area contributed by atoms with Crippen LogP contribution >= 0.6 is 15.9 Å². The maximum Gasteiger partial charge on any atom is 0.238 e. The van der Waals surface area contributed by atoms with Gasteiger partial charge in [0.15, 0.2) is 0 Å². The van der Waals surface area contributed by atoms with E-state index in [1.165, 1.54) is 12.1 Å². The molecule has 0 spiro atoms. The number of aromatic nitrogens is 2. The Labute approximate surface area is 183 Å². The molecule has 4 N–H and O–H groups in total. The summed E-state index contributed by atoms with van der Waals surface area (Å²) in [7, 11) is -3.75. The fourth-order valence-electron chi connectivity index (χ4n) is 3.16. The van der Waals surface area contributed by atoms with Gasteiger partial charge in [-0.25, -0.2) is 18.2 Å². The molecule has 0 fully saturated rings. The third-order valence-electron chi connectivity index (χ3n) is 4.67. The third-order valence-corrected chi connectivity index (χ3v) is 6.13. The SMILES string of the molecule is Nc1ccc(Cc2cc(-c3ccc(Br)cc3)n(-c3ccc(S(N)(=O)=O)cc3)n2)cc1. The first-order valence-corrected chi connectivity index (χ1v) is 11.5. The molecular formula is C22H19BrN4O2S. The van der Waals surface area contributed by atoms with Crippen LogP contribution in [0.25, 0.3) is 16.9 Å². The second-order valence-electron chi connectivity index (χ2n) is 6.90. The van der Waals surface area contributed by atoms with Crippen LogP contribution in [0.15, 0.2) is 88.2 Å². The van der Waals surface area contributed by atoms with E-state index in [0.29, 0.717) is 6.42 Å². The lowest BCUT2D eigenvalue weighted by atomic mass is 10.1. The quantitative estimate of drug-likeness (QED) is 0.417. The molecule has 4 aromatic rings. The average molecular weight is 483 g/mol. The van der Waals surface area contributed by atoms with E-state index in [9.17, 15) is 8.42 Å². The maximum absolute atomic E-state index is 11.6. The Hall–Kier alpha value is -2.94. The highest BCUT2D eigenvalue weighted by Crippen LogP contribution is 2.27. The number of sulfonamides is 1. The van der Waals surface area contributed by atoms with E-state index in [4.69, 9.17) is 16.0 Å². The zero-order chi connectivity index (χ0) is 21.3. The van der Waals surface area contributed by atoms with Crippen molar-refractivity contribution in [3.63, 3.8) is 0 Å². The Morgan fingerprint density at radius 2 is 1.53 bits per heavy atom. The predicted octanol–water partition coefficient (Wildman–Crippen LogP) is 4.12. The Kier molecular flexibility index (Phi) is 5.46. The Balaban J connectivity index is 1.78.